The molecule has 0 unspecified atom stereocenters. The molecule has 0 bridgehead atoms. The molecule has 2 rings (SSSR count). The molecule has 1 fully saturated rings. The Morgan fingerprint density at radius 3 is 2.64 bits per heavy atom. The Labute approximate surface area is 129 Å². The van der Waals surface area contributed by atoms with Gasteiger partial charge < -0.3 is 21.3 Å². The number of carbonyl (C=O) groups is 1. The minimum atomic E-state index is -0.957. The van der Waals surface area contributed by atoms with Crippen LogP contribution in [0.5, 0.6) is 0 Å². The zero-order valence-corrected chi connectivity index (χ0v) is 12.6. The quantitative estimate of drug-likeness (QED) is 0.384. The molecule has 0 aromatic heterocycles. The van der Waals surface area contributed by atoms with E-state index in [0.29, 0.717) is 6.42 Å². The Hall–Kier alpha value is -1.51. The number of aliphatic hydroxyl groups excluding tert-OH is 2. The zero-order chi connectivity index (χ0) is 16.1. The molecule has 1 aromatic rings. The van der Waals surface area contributed by atoms with Crippen LogP contribution in [0.2, 0.25) is 0 Å². The molecule has 7 N–H and O–H groups in total. The van der Waals surface area contributed by atoms with Crippen molar-refractivity contribution in [1.29, 1.82) is 0 Å². The summed E-state index contributed by atoms with van der Waals surface area (Å²) in [5.41, 5.74) is 12.6. The number of hydrazine groups is 1. The molecule has 5 atom stereocenters. The summed E-state index contributed by atoms with van der Waals surface area (Å²) in [4.78, 5) is 12.0. The summed E-state index contributed by atoms with van der Waals surface area (Å²) in [5.74, 6) is -0.286. The third-order valence-corrected chi connectivity index (χ3v) is 3.90. The van der Waals surface area contributed by atoms with Gasteiger partial charge in [0.2, 0.25) is 5.91 Å². The molecule has 0 aliphatic carbocycles. The van der Waals surface area contributed by atoms with Crippen LogP contribution in [0.1, 0.15) is 12.5 Å². The standard InChI is InChI=1S/C15H24N4O3/c1-9-13(20)14(21)12(19-18-9)8-17-15(22)11(16)7-10-5-3-2-4-6-10/h2-6,9,11-14,18-21H,7-8,16H2,1H3,(H,17,22)/t9-,11+,12+,13-,14+/m1/s1. The lowest BCUT2D eigenvalue weighted by atomic mass is 9.98. The highest BCUT2D eigenvalue weighted by Gasteiger charge is 2.35. The number of amides is 1. The van der Waals surface area contributed by atoms with Crippen molar-refractivity contribution in [3.05, 3.63) is 35.9 Å². The summed E-state index contributed by atoms with van der Waals surface area (Å²) < 4.78 is 0. The second-order valence-electron chi connectivity index (χ2n) is 5.71. The van der Waals surface area contributed by atoms with Crippen molar-refractivity contribution in [3.8, 4) is 0 Å². The molecule has 1 aromatic carbocycles. The molecule has 1 saturated heterocycles. The van der Waals surface area contributed by atoms with Gasteiger partial charge in [-0.15, -0.1) is 0 Å². The molecule has 1 amide bonds. The molecular weight excluding hydrogens is 284 g/mol. The van der Waals surface area contributed by atoms with E-state index < -0.39 is 24.3 Å². The zero-order valence-electron chi connectivity index (χ0n) is 12.6. The second kappa shape index (κ2) is 7.66. The van der Waals surface area contributed by atoms with Gasteiger partial charge in [-0.3, -0.25) is 10.2 Å². The smallest absolute Gasteiger partial charge is 0.237 e. The molecule has 7 nitrogen and oxygen atoms in total. The van der Waals surface area contributed by atoms with E-state index in [9.17, 15) is 15.0 Å². The number of carbonyl (C=O) groups excluding carboxylic acids is 1. The molecule has 22 heavy (non-hydrogen) atoms. The number of nitrogens with one attached hydrogen (secondary N) is 3. The summed E-state index contributed by atoms with van der Waals surface area (Å²) in [6.07, 6.45) is -1.39. The molecule has 7 heteroatoms. The van der Waals surface area contributed by atoms with Gasteiger partial charge in [-0.1, -0.05) is 30.3 Å². The van der Waals surface area contributed by atoms with Crippen LogP contribution in [0.4, 0.5) is 0 Å². The van der Waals surface area contributed by atoms with Gasteiger partial charge >= 0.3 is 0 Å². The van der Waals surface area contributed by atoms with E-state index in [1.807, 2.05) is 30.3 Å². The summed E-state index contributed by atoms with van der Waals surface area (Å²) in [6.45, 7) is 1.94. The lowest BCUT2D eigenvalue weighted by Crippen LogP contribution is -2.67. The average Bonchev–Trinajstić information content (AvgIpc) is 2.52. The first-order valence-corrected chi connectivity index (χ1v) is 7.43. The van der Waals surface area contributed by atoms with Crippen LogP contribution in [0.3, 0.4) is 0 Å². The van der Waals surface area contributed by atoms with Crippen molar-refractivity contribution in [2.45, 2.75) is 43.7 Å². The lowest BCUT2D eigenvalue weighted by Gasteiger charge is -2.37. The number of rotatable bonds is 5. The van der Waals surface area contributed by atoms with E-state index in [4.69, 9.17) is 5.73 Å². The van der Waals surface area contributed by atoms with Gasteiger partial charge in [0, 0.05) is 12.6 Å². The Balaban J connectivity index is 1.80. The highest BCUT2D eigenvalue weighted by Crippen LogP contribution is 2.08. The van der Waals surface area contributed by atoms with Crippen molar-refractivity contribution in [2.24, 2.45) is 5.73 Å². The molecule has 1 aliphatic rings. The third-order valence-electron chi connectivity index (χ3n) is 3.90. The molecule has 1 aliphatic heterocycles. The predicted octanol–water partition coefficient (Wildman–Crippen LogP) is -1.74. The largest absolute Gasteiger partial charge is 0.389 e. The maximum Gasteiger partial charge on any atom is 0.237 e. The molecule has 0 spiro atoms. The van der Waals surface area contributed by atoms with Gasteiger partial charge in [-0.05, 0) is 18.9 Å². The fourth-order valence-corrected chi connectivity index (χ4v) is 2.42. The van der Waals surface area contributed by atoms with E-state index in [2.05, 4.69) is 16.2 Å². The number of hydrogen-bond donors (Lipinski definition) is 6. The Morgan fingerprint density at radius 2 is 1.95 bits per heavy atom. The molecule has 1 heterocycles. The minimum Gasteiger partial charge on any atom is -0.389 e. The normalized spacial score (nSPS) is 29.8. The van der Waals surface area contributed by atoms with Crippen LogP contribution in [-0.2, 0) is 11.2 Å². The Morgan fingerprint density at radius 1 is 1.27 bits per heavy atom. The first-order chi connectivity index (χ1) is 10.5. The highest BCUT2D eigenvalue weighted by molar-refractivity contribution is 5.81. The summed E-state index contributed by atoms with van der Waals surface area (Å²) in [6, 6.07) is 8.15. The number of hydrogen-bond acceptors (Lipinski definition) is 6. The SMILES string of the molecule is C[C@H]1NN[C@@H](CNC(=O)[C@@H](N)Cc2ccccc2)[C@H](O)[C@@H]1O. The first kappa shape index (κ1) is 16.9. The molecule has 122 valence electrons. The van der Waals surface area contributed by atoms with E-state index in [0.717, 1.165) is 5.56 Å². The van der Waals surface area contributed by atoms with Crippen LogP contribution < -0.4 is 21.9 Å². The van der Waals surface area contributed by atoms with Crippen molar-refractivity contribution in [2.75, 3.05) is 6.54 Å². The van der Waals surface area contributed by atoms with Gasteiger partial charge in [0.25, 0.3) is 0 Å². The first-order valence-electron chi connectivity index (χ1n) is 7.43. The number of nitrogens with two attached hydrogens (primary N) is 1. The summed E-state index contributed by atoms with van der Waals surface area (Å²) >= 11 is 0. The van der Waals surface area contributed by atoms with Gasteiger partial charge in [0.1, 0.15) is 0 Å². The fraction of sp³-hybridized carbons (Fsp3) is 0.533. The minimum absolute atomic E-state index is 0.180. The molecular formula is C15H24N4O3. The van der Waals surface area contributed by atoms with Gasteiger partial charge in [0.05, 0.1) is 24.3 Å². The van der Waals surface area contributed by atoms with E-state index >= 15 is 0 Å². The maximum atomic E-state index is 12.0. The number of aliphatic hydroxyl groups is 2. The Bertz CT molecular complexity index is 485. The summed E-state index contributed by atoms with van der Waals surface area (Å²) in [7, 11) is 0. The monoisotopic (exact) mass is 308 g/mol. The van der Waals surface area contributed by atoms with Crippen LogP contribution in [0.15, 0.2) is 30.3 Å². The lowest BCUT2D eigenvalue weighted by molar-refractivity contribution is -0.123. The topological polar surface area (TPSA) is 120 Å². The van der Waals surface area contributed by atoms with E-state index in [1.54, 1.807) is 6.92 Å². The van der Waals surface area contributed by atoms with Crippen LogP contribution in [0, 0.1) is 0 Å². The third kappa shape index (κ3) is 4.25. The highest BCUT2D eigenvalue weighted by atomic mass is 16.3. The van der Waals surface area contributed by atoms with Crippen molar-refractivity contribution in [1.82, 2.24) is 16.2 Å². The van der Waals surface area contributed by atoms with E-state index in [1.165, 1.54) is 0 Å². The van der Waals surface area contributed by atoms with Crippen LogP contribution >= 0.6 is 0 Å². The summed E-state index contributed by atoms with van der Waals surface area (Å²) in [5, 5.41) is 22.5. The van der Waals surface area contributed by atoms with Gasteiger partial charge in [0.15, 0.2) is 0 Å². The van der Waals surface area contributed by atoms with Gasteiger partial charge in [-0.25, -0.2) is 5.43 Å². The fourth-order valence-electron chi connectivity index (χ4n) is 2.42. The Kier molecular flexibility index (Phi) is 5.87. The predicted molar refractivity (Wildman–Crippen MR) is 82.7 cm³/mol. The van der Waals surface area contributed by atoms with Gasteiger partial charge in [-0.2, -0.15) is 0 Å². The molecule has 0 radical (unpaired) electrons. The average molecular weight is 308 g/mol. The second-order valence-corrected chi connectivity index (χ2v) is 5.71. The van der Waals surface area contributed by atoms with Crippen LogP contribution in [0.25, 0.3) is 0 Å². The maximum absolute atomic E-state index is 12.0. The molecule has 0 saturated carbocycles. The van der Waals surface area contributed by atoms with Crippen molar-refractivity contribution >= 4 is 5.91 Å². The van der Waals surface area contributed by atoms with Crippen molar-refractivity contribution < 1.29 is 15.0 Å². The van der Waals surface area contributed by atoms with Crippen LogP contribution in [-0.4, -0.2) is 53.0 Å². The number of benzene rings is 1. The van der Waals surface area contributed by atoms with Crippen molar-refractivity contribution in [3.63, 3.8) is 0 Å². The van der Waals surface area contributed by atoms with E-state index in [-0.39, 0.29) is 18.5 Å².